The molecule has 3 rings (SSSR count). The Bertz CT molecular complexity index is 823. The number of likely N-dealkylation sites (tertiary alicyclic amines) is 1. The molecule has 0 aromatic heterocycles. The smallest absolute Gasteiger partial charge is 0.444 e. The van der Waals surface area contributed by atoms with Crippen molar-refractivity contribution >= 4 is 12.1 Å². The molecule has 172 valence electrons. The minimum absolute atomic E-state index is 0.0328. The van der Waals surface area contributed by atoms with Crippen LogP contribution in [0.5, 0.6) is 5.75 Å². The van der Waals surface area contributed by atoms with E-state index in [0.29, 0.717) is 31.0 Å². The number of ether oxygens (including phenoxy) is 2. The number of rotatable bonds is 4. The standard InChI is InChI=1S/C21H29F3N4O3/c1-20(2,3)31-19(29)26-13-9-10-28(12-13)18(25-4)27-16-11-15(16)14-7-5-6-8-17(14)30-21(22,23)24/h5-8,13,15-16H,9-12H2,1-4H3,(H,25,27)(H,26,29). The number of hydrogen-bond donors (Lipinski definition) is 2. The lowest BCUT2D eigenvalue weighted by molar-refractivity contribution is -0.274. The number of nitrogens with one attached hydrogen (secondary N) is 2. The Labute approximate surface area is 180 Å². The van der Waals surface area contributed by atoms with Gasteiger partial charge in [-0.1, -0.05) is 18.2 Å². The van der Waals surface area contributed by atoms with Crippen LogP contribution in [-0.2, 0) is 4.74 Å². The molecule has 1 aliphatic carbocycles. The first kappa shape index (κ1) is 23.0. The number of nitrogens with zero attached hydrogens (tertiary/aromatic N) is 2. The third kappa shape index (κ3) is 6.67. The summed E-state index contributed by atoms with van der Waals surface area (Å²) >= 11 is 0. The van der Waals surface area contributed by atoms with Gasteiger partial charge < -0.3 is 25.0 Å². The van der Waals surface area contributed by atoms with Crippen LogP contribution in [0, 0.1) is 0 Å². The molecule has 7 nitrogen and oxygen atoms in total. The largest absolute Gasteiger partial charge is 0.573 e. The molecule has 2 aliphatic rings. The number of para-hydroxylation sites is 1. The second kappa shape index (κ2) is 8.84. The van der Waals surface area contributed by atoms with Gasteiger partial charge in [0, 0.05) is 32.1 Å². The third-order valence-corrected chi connectivity index (χ3v) is 5.07. The van der Waals surface area contributed by atoms with Gasteiger partial charge in [0.2, 0.25) is 0 Å². The minimum atomic E-state index is -4.73. The van der Waals surface area contributed by atoms with Crippen LogP contribution in [0.1, 0.15) is 45.1 Å². The highest BCUT2D eigenvalue weighted by molar-refractivity contribution is 5.81. The Kier molecular flexibility index (Phi) is 6.56. The molecule has 1 aromatic carbocycles. The van der Waals surface area contributed by atoms with Crippen LogP contribution < -0.4 is 15.4 Å². The van der Waals surface area contributed by atoms with Gasteiger partial charge in [0.05, 0.1) is 6.04 Å². The number of hydrogen-bond acceptors (Lipinski definition) is 4. The molecule has 31 heavy (non-hydrogen) atoms. The highest BCUT2D eigenvalue weighted by Crippen LogP contribution is 2.45. The molecule has 10 heteroatoms. The number of benzene rings is 1. The molecular formula is C21H29F3N4O3. The van der Waals surface area contributed by atoms with Crippen LogP contribution in [0.2, 0.25) is 0 Å². The topological polar surface area (TPSA) is 75.2 Å². The maximum Gasteiger partial charge on any atom is 0.573 e. The van der Waals surface area contributed by atoms with Gasteiger partial charge in [-0.25, -0.2) is 4.79 Å². The molecule has 1 saturated carbocycles. The molecule has 3 atom stereocenters. The first-order valence-corrected chi connectivity index (χ1v) is 10.3. The summed E-state index contributed by atoms with van der Waals surface area (Å²) in [6.45, 7) is 6.70. The number of carbonyl (C=O) groups is 1. The summed E-state index contributed by atoms with van der Waals surface area (Å²) in [6.07, 6.45) is -3.75. The summed E-state index contributed by atoms with van der Waals surface area (Å²) in [5, 5.41) is 6.20. The van der Waals surface area contributed by atoms with Gasteiger partial charge in [-0.2, -0.15) is 0 Å². The first-order chi connectivity index (χ1) is 14.4. The predicted octanol–water partition coefficient (Wildman–Crippen LogP) is 3.62. The van der Waals surface area contributed by atoms with Gasteiger partial charge in [0.1, 0.15) is 11.4 Å². The van der Waals surface area contributed by atoms with Crippen LogP contribution in [0.4, 0.5) is 18.0 Å². The summed E-state index contributed by atoms with van der Waals surface area (Å²) in [5.74, 6) is 0.408. The van der Waals surface area contributed by atoms with Gasteiger partial charge in [0.25, 0.3) is 0 Å². The number of carbonyl (C=O) groups excluding carboxylic acids is 1. The van der Waals surface area contributed by atoms with Crippen molar-refractivity contribution in [3.05, 3.63) is 29.8 Å². The maximum atomic E-state index is 12.7. The molecule has 0 radical (unpaired) electrons. The van der Waals surface area contributed by atoms with E-state index < -0.39 is 18.1 Å². The number of alkyl carbamates (subject to hydrolysis) is 1. The van der Waals surface area contributed by atoms with Gasteiger partial charge in [0.15, 0.2) is 5.96 Å². The Morgan fingerprint density at radius 2 is 1.90 bits per heavy atom. The van der Waals surface area contributed by atoms with E-state index in [2.05, 4.69) is 20.4 Å². The molecule has 1 saturated heterocycles. The van der Waals surface area contributed by atoms with Crippen LogP contribution >= 0.6 is 0 Å². The van der Waals surface area contributed by atoms with Crippen molar-refractivity contribution in [3.8, 4) is 5.75 Å². The fourth-order valence-electron chi connectivity index (χ4n) is 3.71. The van der Waals surface area contributed by atoms with Crippen molar-refractivity contribution in [2.75, 3.05) is 20.1 Å². The van der Waals surface area contributed by atoms with E-state index in [0.717, 1.165) is 6.42 Å². The van der Waals surface area contributed by atoms with Gasteiger partial charge >= 0.3 is 12.5 Å². The molecule has 1 amide bonds. The van der Waals surface area contributed by atoms with E-state index in [1.807, 2.05) is 25.7 Å². The average molecular weight is 442 g/mol. The van der Waals surface area contributed by atoms with E-state index in [1.165, 1.54) is 12.1 Å². The summed E-state index contributed by atoms with van der Waals surface area (Å²) in [6, 6.07) is 6.12. The molecule has 0 spiro atoms. The zero-order valence-electron chi connectivity index (χ0n) is 18.1. The number of halogens is 3. The fraction of sp³-hybridized carbons (Fsp3) is 0.619. The molecule has 3 unspecified atom stereocenters. The van der Waals surface area contributed by atoms with Gasteiger partial charge in [-0.3, -0.25) is 4.99 Å². The Morgan fingerprint density at radius 1 is 1.19 bits per heavy atom. The number of alkyl halides is 3. The zero-order chi connectivity index (χ0) is 22.8. The molecule has 0 bridgehead atoms. The fourth-order valence-corrected chi connectivity index (χ4v) is 3.71. The normalized spacial score (nSPS) is 24.0. The number of guanidine groups is 1. The second-order valence-electron chi connectivity index (χ2n) is 8.80. The summed E-state index contributed by atoms with van der Waals surface area (Å²) in [7, 11) is 1.66. The minimum Gasteiger partial charge on any atom is -0.444 e. The lowest BCUT2D eigenvalue weighted by atomic mass is 10.1. The Balaban J connectivity index is 1.54. The zero-order valence-corrected chi connectivity index (χ0v) is 18.1. The first-order valence-electron chi connectivity index (χ1n) is 10.3. The molecular weight excluding hydrogens is 413 g/mol. The number of aliphatic imine (C=N–C) groups is 1. The van der Waals surface area contributed by atoms with E-state index in [4.69, 9.17) is 4.74 Å². The van der Waals surface area contributed by atoms with Crippen molar-refractivity contribution in [1.29, 1.82) is 0 Å². The Morgan fingerprint density at radius 3 is 2.55 bits per heavy atom. The van der Waals surface area contributed by atoms with Gasteiger partial charge in [-0.05, 0) is 45.2 Å². The van der Waals surface area contributed by atoms with Crippen LogP contribution in [-0.4, -0.2) is 61.1 Å². The average Bonchev–Trinajstić information content (AvgIpc) is 3.25. The van der Waals surface area contributed by atoms with Crippen molar-refractivity contribution in [3.63, 3.8) is 0 Å². The predicted molar refractivity (Wildman–Crippen MR) is 110 cm³/mol. The van der Waals surface area contributed by atoms with Crippen molar-refractivity contribution in [2.45, 2.75) is 63.6 Å². The van der Waals surface area contributed by atoms with Crippen LogP contribution in [0.25, 0.3) is 0 Å². The highest BCUT2D eigenvalue weighted by Gasteiger charge is 2.43. The molecule has 2 N–H and O–H groups in total. The van der Waals surface area contributed by atoms with Gasteiger partial charge in [-0.15, -0.1) is 13.2 Å². The molecule has 1 aliphatic heterocycles. The summed E-state index contributed by atoms with van der Waals surface area (Å²) in [4.78, 5) is 18.3. The SMILES string of the molecule is CN=C(NC1CC1c1ccccc1OC(F)(F)F)N1CCC(NC(=O)OC(C)(C)C)C1. The molecule has 2 fully saturated rings. The van der Waals surface area contributed by atoms with E-state index >= 15 is 0 Å². The lowest BCUT2D eigenvalue weighted by Crippen LogP contribution is -2.44. The summed E-state index contributed by atoms with van der Waals surface area (Å²) in [5.41, 5.74) is -0.0359. The molecule has 1 aromatic rings. The van der Waals surface area contributed by atoms with Crippen molar-refractivity contribution in [1.82, 2.24) is 15.5 Å². The lowest BCUT2D eigenvalue weighted by Gasteiger charge is -2.23. The quantitative estimate of drug-likeness (QED) is 0.550. The highest BCUT2D eigenvalue weighted by atomic mass is 19.4. The van der Waals surface area contributed by atoms with E-state index in [9.17, 15) is 18.0 Å². The third-order valence-electron chi connectivity index (χ3n) is 5.07. The monoisotopic (exact) mass is 442 g/mol. The number of amides is 1. The molecule has 1 heterocycles. The van der Waals surface area contributed by atoms with E-state index in [1.54, 1.807) is 19.2 Å². The van der Waals surface area contributed by atoms with Crippen LogP contribution in [0.3, 0.4) is 0 Å². The van der Waals surface area contributed by atoms with Crippen molar-refractivity contribution < 1.29 is 27.4 Å². The van der Waals surface area contributed by atoms with Crippen LogP contribution in [0.15, 0.2) is 29.3 Å². The van der Waals surface area contributed by atoms with Crippen molar-refractivity contribution in [2.24, 2.45) is 4.99 Å². The van der Waals surface area contributed by atoms with E-state index in [-0.39, 0.29) is 23.8 Å². The Hall–Kier alpha value is -2.65. The second-order valence-corrected chi connectivity index (χ2v) is 8.80. The summed E-state index contributed by atoms with van der Waals surface area (Å²) < 4.78 is 47.5. The maximum absolute atomic E-state index is 12.7.